The first-order valence-corrected chi connectivity index (χ1v) is 8.73. The highest BCUT2D eigenvalue weighted by atomic mass is 35.5. The Hall–Kier alpha value is -1.75. The second-order valence-corrected chi connectivity index (χ2v) is 6.70. The number of hydrogen-bond acceptors (Lipinski definition) is 2. The molecule has 0 saturated heterocycles. The minimum atomic E-state index is -0.270. The molecule has 0 aliphatic heterocycles. The topological polar surface area (TPSA) is 49.4 Å². The molecule has 1 N–H and O–H groups in total. The van der Waals surface area contributed by atoms with Gasteiger partial charge in [0.05, 0.1) is 10.0 Å². The lowest BCUT2D eigenvalue weighted by Crippen LogP contribution is -2.37. The predicted molar refractivity (Wildman–Crippen MR) is 101 cm³/mol. The van der Waals surface area contributed by atoms with Gasteiger partial charge in [0.2, 0.25) is 5.91 Å². The van der Waals surface area contributed by atoms with E-state index in [-0.39, 0.29) is 11.8 Å². The molecule has 0 heterocycles. The van der Waals surface area contributed by atoms with E-state index >= 15 is 0 Å². The lowest BCUT2D eigenvalue weighted by molar-refractivity contribution is -0.129. The quantitative estimate of drug-likeness (QED) is 0.781. The molecular weight excluding hydrogens is 383 g/mol. The molecule has 0 unspecified atom stereocenters. The maximum Gasteiger partial charge on any atom is 0.251 e. The summed E-state index contributed by atoms with van der Waals surface area (Å²) in [5.41, 5.74) is 1.39. The maximum atomic E-state index is 12.1. The molecule has 0 fully saturated rings. The first kappa shape index (κ1) is 19.6. The molecule has 0 bridgehead atoms. The molecule has 0 spiro atoms. The Labute approximate surface area is 161 Å². The third-order valence-corrected chi connectivity index (χ3v) is 4.57. The summed E-state index contributed by atoms with van der Waals surface area (Å²) in [6.45, 7) is 2.67. The zero-order chi connectivity index (χ0) is 18.4. The first-order chi connectivity index (χ1) is 11.9. The summed E-state index contributed by atoms with van der Waals surface area (Å²) >= 11 is 17.6. The molecule has 132 valence electrons. The van der Waals surface area contributed by atoms with Gasteiger partial charge in [0.25, 0.3) is 5.91 Å². The van der Waals surface area contributed by atoms with Crippen molar-refractivity contribution in [1.29, 1.82) is 0 Å². The van der Waals surface area contributed by atoms with E-state index in [1.165, 1.54) is 13.0 Å². The number of carbonyl (C=O) groups excluding carboxylic acids is 2. The van der Waals surface area contributed by atoms with E-state index in [1.807, 2.05) is 12.1 Å². The molecule has 0 aromatic heterocycles. The number of hydrogen-bond donors (Lipinski definition) is 1. The van der Waals surface area contributed by atoms with Crippen molar-refractivity contribution >= 4 is 46.6 Å². The summed E-state index contributed by atoms with van der Waals surface area (Å²) < 4.78 is 0. The van der Waals surface area contributed by atoms with Gasteiger partial charge >= 0.3 is 0 Å². The lowest BCUT2D eigenvalue weighted by atomic mass is 10.2. The van der Waals surface area contributed by atoms with Crippen LogP contribution in [-0.4, -0.2) is 29.8 Å². The van der Waals surface area contributed by atoms with Crippen LogP contribution in [0.1, 0.15) is 22.8 Å². The van der Waals surface area contributed by atoms with Crippen molar-refractivity contribution < 1.29 is 9.59 Å². The average Bonchev–Trinajstić information content (AvgIpc) is 2.58. The molecule has 0 saturated carbocycles. The fourth-order valence-electron chi connectivity index (χ4n) is 2.20. The second kappa shape index (κ2) is 9.09. The van der Waals surface area contributed by atoms with Gasteiger partial charge in [-0.1, -0.05) is 46.9 Å². The molecule has 25 heavy (non-hydrogen) atoms. The highest BCUT2D eigenvalue weighted by Gasteiger charge is 2.12. The minimum absolute atomic E-state index is 0.0706. The van der Waals surface area contributed by atoms with Gasteiger partial charge in [-0.05, 0) is 35.9 Å². The van der Waals surface area contributed by atoms with Crippen molar-refractivity contribution in [3.8, 4) is 0 Å². The third-order valence-electron chi connectivity index (χ3n) is 3.58. The van der Waals surface area contributed by atoms with Crippen molar-refractivity contribution in [2.45, 2.75) is 13.5 Å². The van der Waals surface area contributed by atoms with Crippen LogP contribution in [-0.2, 0) is 11.3 Å². The smallest absolute Gasteiger partial charge is 0.251 e. The van der Waals surface area contributed by atoms with E-state index in [2.05, 4.69) is 5.32 Å². The average molecular weight is 400 g/mol. The fourth-order valence-corrected chi connectivity index (χ4v) is 2.63. The van der Waals surface area contributed by atoms with Crippen LogP contribution >= 0.6 is 34.8 Å². The van der Waals surface area contributed by atoms with Gasteiger partial charge in [-0.2, -0.15) is 0 Å². The monoisotopic (exact) mass is 398 g/mol. The minimum Gasteiger partial charge on any atom is -0.350 e. The summed E-state index contributed by atoms with van der Waals surface area (Å²) in [5, 5.41) is 4.13. The van der Waals surface area contributed by atoms with Crippen LogP contribution < -0.4 is 5.32 Å². The summed E-state index contributed by atoms with van der Waals surface area (Å²) in [7, 11) is 0. The highest BCUT2D eigenvalue weighted by Crippen LogP contribution is 2.22. The maximum absolute atomic E-state index is 12.1. The van der Waals surface area contributed by atoms with Crippen molar-refractivity contribution in [3.05, 3.63) is 68.7 Å². The summed E-state index contributed by atoms with van der Waals surface area (Å²) in [6, 6.07) is 12.0. The van der Waals surface area contributed by atoms with E-state index < -0.39 is 0 Å². The van der Waals surface area contributed by atoms with Crippen molar-refractivity contribution in [1.82, 2.24) is 10.2 Å². The second-order valence-electron chi connectivity index (χ2n) is 5.45. The molecule has 7 heteroatoms. The molecular formula is C18H17Cl3N2O2. The molecule has 0 aliphatic carbocycles. The molecule has 4 nitrogen and oxygen atoms in total. The lowest BCUT2D eigenvalue weighted by Gasteiger charge is -2.21. The standard InChI is InChI=1S/C18H17Cl3N2O2/c1-12(24)23(11-13-2-5-15(19)6-3-13)9-8-22-18(25)14-4-7-16(20)17(21)10-14/h2-7,10H,8-9,11H2,1H3,(H,22,25). The van der Waals surface area contributed by atoms with E-state index in [0.29, 0.717) is 40.3 Å². The number of nitrogens with zero attached hydrogens (tertiary/aromatic N) is 1. The zero-order valence-electron chi connectivity index (χ0n) is 13.6. The Morgan fingerprint density at radius 3 is 2.28 bits per heavy atom. The normalized spacial score (nSPS) is 10.4. The molecule has 2 rings (SSSR count). The van der Waals surface area contributed by atoms with Gasteiger partial charge in [0.1, 0.15) is 0 Å². The number of nitrogens with one attached hydrogen (secondary N) is 1. The van der Waals surface area contributed by atoms with Gasteiger partial charge in [0.15, 0.2) is 0 Å². The van der Waals surface area contributed by atoms with E-state index in [1.54, 1.807) is 29.2 Å². The predicted octanol–water partition coefficient (Wildman–Crippen LogP) is 4.43. The van der Waals surface area contributed by atoms with Crippen LogP contribution in [0.25, 0.3) is 0 Å². The number of amides is 2. The Balaban J connectivity index is 1.90. The van der Waals surface area contributed by atoms with Gasteiger partial charge in [-0.15, -0.1) is 0 Å². The van der Waals surface area contributed by atoms with Crippen LogP contribution in [0, 0.1) is 0 Å². The number of benzene rings is 2. The van der Waals surface area contributed by atoms with E-state index in [9.17, 15) is 9.59 Å². The Morgan fingerprint density at radius 2 is 1.68 bits per heavy atom. The van der Waals surface area contributed by atoms with E-state index in [4.69, 9.17) is 34.8 Å². The summed E-state index contributed by atoms with van der Waals surface area (Å²) in [5.74, 6) is -0.340. The highest BCUT2D eigenvalue weighted by molar-refractivity contribution is 6.42. The first-order valence-electron chi connectivity index (χ1n) is 7.60. The molecule has 2 aromatic carbocycles. The SMILES string of the molecule is CC(=O)N(CCNC(=O)c1ccc(Cl)c(Cl)c1)Cc1ccc(Cl)cc1. The molecule has 2 aromatic rings. The Bertz CT molecular complexity index is 763. The third kappa shape index (κ3) is 5.92. The Morgan fingerprint density at radius 1 is 1.00 bits per heavy atom. The fraction of sp³-hybridized carbons (Fsp3) is 0.222. The van der Waals surface area contributed by atoms with Gasteiger partial charge < -0.3 is 10.2 Å². The zero-order valence-corrected chi connectivity index (χ0v) is 15.8. The number of carbonyl (C=O) groups is 2. The van der Waals surface area contributed by atoms with E-state index in [0.717, 1.165) is 5.56 Å². The largest absolute Gasteiger partial charge is 0.350 e. The molecule has 0 radical (unpaired) electrons. The van der Waals surface area contributed by atoms with Crippen molar-refractivity contribution in [2.75, 3.05) is 13.1 Å². The summed E-state index contributed by atoms with van der Waals surface area (Å²) in [4.78, 5) is 25.6. The number of rotatable bonds is 6. The van der Waals surface area contributed by atoms with Crippen molar-refractivity contribution in [3.63, 3.8) is 0 Å². The van der Waals surface area contributed by atoms with Crippen LogP contribution in [0.5, 0.6) is 0 Å². The van der Waals surface area contributed by atoms with Gasteiger partial charge in [-0.3, -0.25) is 9.59 Å². The molecule has 2 amide bonds. The van der Waals surface area contributed by atoms with Gasteiger partial charge in [-0.25, -0.2) is 0 Å². The van der Waals surface area contributed by atoms with Crippen LogP contribution in [0.3, 0.4) is 0 Å². The molecule has 0 aliphatic rings. The Kier molecular flexibility index (Phi) is 7.12. The number of halogens is 3. The van der Waals surface area contributed by atoms with Crippen molar-refractivity contribution in [2.24, 2.45) is 0 Å². The summed E-state index contributed by atoms with van der Waals surface area (Å²) in [6.07, 6.45) is 0. The van der Waals surface area contributed by atoms with Gasteiger partial charge in [0, 0.05) is 37.1 Å². The van der Waals surface area contributed by atoms with Crippen LogP contribution in [0.15, 0.2) is 42.5 Å². The van der Waals surface area contributed by atoms with Crippen LogP contribution in [0.4, 0.5) is 0 Å². The molecule has 0 atom stereocenters. The van der Waals surface area contributed by atoms with Crippen LogP contribution in [0.2, 0.25) is 15.1 Å².